The van der Waals surface area contributed by atoms with Gasteiger partial charge in [-0.3, -0.25) is 15.1 Å². The van der Waals surface area contributed by atoms with Crippen LogP contribution in [-0.2, 0) is 11.2 Å². The first kappa shape index (κ1) is 22.5. The number of rotatable bonds is 6. The number of aromatic nitrogens is 1. The van der Waals surface area contributed by atoms with Crippen LogP contribution in [0.3, 0.4) is 0 Å². The number of carbonyl (C=O) groups is 1. The van der Waals surface area contributed by atoms with Gasteiger partial charge in [0, 0.05) is 35.7 Å². The van der Waals surface area contributed by atoms with Crippen LogP contribution in [0, 0.1) is 10.1 Å². The highest BCUT2D eigenvalue weighted by Crippen LogP contribution is 2.31. The van der Waals surface area contributed by atoms with E-state index < -0.39 is 22.7 Å². The number of non-ortho nitro benzene ring substituents is 1. The molecule has 31 heavy (non-hydrogen) atoms. The van der Waals surface area contributed by atoms with Gasteiger partial charge in [-0.1, -0.05) is 6.07 Å². The summed E-state index contributed by atoms with van der Waals surface area (Å²) in [5.74, 6) is 0.568. The van der Waals surface area contributed by atoms with E-state index in [1.165, 1.54) is 17.0 Å². The van der Waals surface area contributed by atoms with E-state index in [2.05, 4.69) is 4.98 Å². The highest BCUT2D eigenvalue weighted by molar-refractivity contribution is 5.68. The number of fused-ring (bicyclic) bond motifs is 1. The smallest absolute Gasteiger partial charge is 0.410 e. The van der Waals surface area contributed by atoms with E-state index in [0.29, 0.717) is 24.2 Å². The number of ether oxygens (including phenoxy) is 2. The summed E-state index contributed by atoms with van der Waals surface area (Å²) in [5, 5.41) is 21.6. The van der Waals surface area contributed by atoms with Crippen molar-refractivity contribution in [3.8, 4) is 5.75 Å². The number of aryl methyl sites for hydroxylation is 1. The summed E-state index contributed by atoms with van der Waals surface area (Å²) in [5.41, 5.74) is 0.701. The molecule has 0 fully saturated rings. The summed E-state index contributed by atoms with van der Waals surface area (Å²) < 4.78 is 11.5. The second-order valence-electron chi connectivity index (χ2n) is 8.52. The van der Waals surface area contributed by atoms with Crippen molar-refractivity contribution in [2.24, 2.45) is 0 Å². The predicted octanol–water partition coefficient (Wildman–Crippen LogP) is 3.65. The minimum atomic E-state index is -0.931. The van der Waals surface area contributed by atoms with Gasteiger partial charge in [-0.05, 0) is 45.7 Å². The van der Waals surface area contributed by atoms with Crippen molar-refractivity contribution in [1.82, 2.24) is 9.88 Å². The van der Waals surface area contributed by atoms with Gasteiger partial charge in [-0.2, -0.15) is 0 Å². The molecule has 2 atom stereocenters. The van der Waals surface area contributed by atoms with Crippen LogP contribution >= 0.6 is 0 Å². The molecule has 166 valence electrons. The average molecular weight is 429 g/mol. The Balaban J connectivity index is 1.73. The van der Waals surface area contributed by atoms with Gasteiger partial charge in [0.1, 0.15) is 17.5 Å². The third kappa shape index (κ3) is 6.14. The number of aliphatic hydroxyl groups is 1. The van der Waals surface area contributed by atoms with E-state index in [4.69, 9.17) is 9.47 Å². The number of pyridine rings is 1. The summed E-state index contributed by atoms with van der Waals surface area (Å²) in [7, 11) is 0. The maximum atomic E-state index is 12.8. The fourth-order valence-corrected chi connectivity index (χ4v) is 3.36. The van der Waals surface area contributed by atoms with Crippen LogP contribution in [-0.4, -0.2) is 50.8 Å². The lowest BCUT2D eigenvalue weighted by Gasteiger charge is -2.33. The maximum Gasteiger partial charge on any atom is 0.410 e. The number of nitro groups is 1. The van der Waals surface area contributed by atoms with Crippen molar-refractivity contribution in [2.75, 3.05) is 13.1 Å². The fourth-order valence-electron chi connectivity index (χ4n) is 3.36. The Bertz CT molecular complexity index is 929. The molecule has 0 unspecified atom stereocenters. The number of benzene rings is 1. The number of amides is 1. The number of aliphatic hydroxyl groups excluding tert-OH is 1. The first-order valence-electron chi connectivity index (χ1n) is 10.1. The van der Waals surface area contributed by atoms with Crippen LogP contribution < -0.4 is 4.74 Å². The molecule has 0 saturated heterocycles. The molecule has 1 aliphatic heterocycles. The molecule has 1 N–H and O–H groups in total. The Morgan fingerprint density at radius 3 is 2.84 bits per heavy atom. The Labute approximate surface area is 180 Å². The molecular weight excluding hydrogens is 402 g/mol. The van der Waals surface area contributed by atoms with Crippen LogP contribution in [0.4, 0.5) is 10.5 Å². The molecule has 1 aromatic carbocycles. The topological polar surface area (TPSA) is 115 Å². The molecule has 0 spiro atoms. The third-order valence-corrected chi connectivity index (χ3v) is 4.82. The number of hydrogen-bond donors (Lipinski definition) is 1. The van der Waals surface area contributed by atoms with E-state index in [9.17, 15) is 20.0 Å². The Morgan fingerprint density at radius 1 is 1.42 bits per heavy atom. The predicted molar refractivity (Wildman–Crippen MR) is 113 cm³/mol. The highest BCUT2D eigenvalue weighted by Gasteiger charge is 2.30. The normalized spacial score (nSPS) is 16.6. The number of hydrogen-bond acceptors (Lipinski definition) is 7. The Hall–Kier alpha value is -3.20. The lowest BCUT2D eigenvalue weighted by Crippen LogP contribution is -2.45. The average Bonchev–Trinajstić information content (AvgIpc) is 2.72. The molecule has 0 radical (unpaired) electrons. The van der Waals surface area contributed by atoms with Gasteiger partial charge in [0.25, 0.3) is 5.69 Å². The van der Waals surface area contributed by atoms with Gasteiger partial charge in [-0.15, -0.1) is 0 Å². The van der Waals surface area contributed by atoms with Crippen molar-refractivity contribution >= 4 is 11.8 Å². The van der Waals surface area contributed by atoms with Gasteiger partial charge in [0.05, 0.1) is 24.1 Å². The monoisotopic (exact) mass is 429 g/mol. The van der Waals surface area contributed by atoms with Crippen molar-refractivity contribution in [1.29, 1.82) is 0 Å². The Morgan fingerprint density at radius 2 is 2.19 bits per heavy atom. The molecule has 0 saturated carbocycles. The lowest BCUT2D eigenvalue weighted by molar-refractivity contribution is -0.385. The fraction of sp³-hybridized carbons (Fsp3) is 0.455. The number of nitro benzene ring substituents is 1. The van der Waals surface area contributed by atoms with Gasteiger partial charge in [0.2, 0.25) is 0 Å². The molecule has 0 bridgehead atoms. The van der Waals surface area contributed by atoms with E-state index in [1.54, 1.807) is 51.4 Å². The van der Waals surface area contributed by atoms with Crippen molar-refractivity contribution in [3.05, 3.63) is 64.0 Å². The zero-order chi connectivity index (χ0) is 22.6. The molecule has 2 aromatic rings. The van der Waals surface area contributed by atoms with Crippen molar-refractivity contribution in [2.45, 2.75) is 51.4 Å². The zero-order valence-electron chi connectivity index (χ0n) is 17.9. The molecular formula is C22H27N3O6. The third-order valence-electron chi connectivity index (χ3n) is 4.82. The zero-order valence-corrected chi connectivity index (χ0v) is 17.9. The van der Waals surface area contributed by atoms with Crippen molar-refractivity contribution < 1.29 is 24.3 Å². The number of nitrogens with zero attached hydrogens (tertiary/aromatic N) is 3. The highest BCUT2D eigenvalue weighted by atomic mass is 16.6. The van der Waals surface area contributed by atoms with Crippen LogP contribution in [0.2, 0.25) is 0 Å². The summed E-state index contributed by atoms with van der Waals surface area (Å²) in [6.07, 6.45) is 2.53. The summed E-state index contributed by atoms with van der Waals surface area (Å²) in [6.45, 7) is 5.57. The van der Waals surface area contributed by atoms with Crippen LogP contribution in [0.15, 0.2) is 42.7 Å². The maximum absolute atomic E-state index is 12.8. The first-order valence-corrected chi connectivity index (χ1v) is 10.1. The quantitative estimate of drug-likeness (QED) is 0.550. The van der Waals surface area contributed by atoms with Gasteiger partial charge in [0.15, 0.2) is 0 Å². The molecule has 1 amide bonds. The van der Waals surface area contributed by atoms with Crippen LogP contribution in [0.25, 0.3) is 0 Å². The van der Waals surface area contributed by atoms with Gasteiger partial charge < -0.3 is 19.5 Å². The standard InChI is InChI=1S/C22H27N3O6/c1-22(2,3)31-21(27)24(14-19(26)16-5-4-10-23-12-16)13-18-8-6-15-11-17(25(28)29)7-9-20(15)30-18/h4-5,7,9-12,18-19,26H,6,8,13-14H2,1-3H3/t18-,19+/m1/s1. The summed E-state index contributed by atoms with van der Waals surface area (Å²) in [6, 6.07) is 7.96. The van der Waals surface area contributed by atoms with E-state index in [0.717, 1.165) is 5.56 Å². The van der Waals surface area contributed by atoms with E-state index >= 15 is 0 Å². The van der Waals surface area contributed by atoms with Gasteiger partial charge in [-0.25, -0.2) is 4.79 Å². The lowest BCUT2D eigenvalue weighted by atomic mass is 10.0. The van der Waals surface area contributed by atoms with E-state index in [-0.39, 0.29) is 24.9 Å². The SMILES string of the molecule is CC(C)(C)OC(=O)N(C[C@H]1CCc2cc([N+](=O)[O-])ccc2O1)C[C@H](O)c1cccnc1. The molecule has 2 heterocycles. The molecule has 3 rings (SSSR count). The molecule has 9 heteroatoms. The van der Waals surface area contributed by atoms with Crippen LogP contribution in [0.5, 0.6) is 5.75 Å². The van der Waals surface area contributed by atoms with Crippen LogP contribution in [0.1, 0.15) is 44.4 Å². The molecule has 9 nitrogen and oxygen atoms in total. The molecule has 0 aliphatic carbocycles. The summed E-state index contributed by atoms with van der Waals surface area (Å²) in [4.78, 5) is 28.8. The van der Waals surface area contributed by atoms with E-state index in [1.807, 2.05) is 0 Å². The number of carbonyl (C=O) groups excluding carboxylic acids is 1. The first-order chi connectivity index (χ1) is 14.6. The minimum absolute atomic E-state index is 0.0214. The second-order valence-corrected chi connectivity index (χ2v) is 8.52. The molecule has 1 aliphatic rings. The summed E-state index contributed by atoms with van der Waals surface area (Å²) >= 11 is 0. The minimum Gasteiger partial charge on any atom is -0.488 e. The largest absolute Gasteiger partial charge is 0.488 e. The van der Waals surface area contributed by atoms with Gasteiger partial charge >= 0.3 is 6.09 Å². The second kappa shape index (κ2) is 9.30. The van der Waals surface area contributed by atoms with Crippen molar-refractivity contribution in [3.63, 3.8) is 0 Å². The molecule has 1 aromatic heterocycles. The Kier molecular flexibility index (Phi) is 6.74.